The molecule has 0 atom stereocenters. The van der Waals surface area contributed by atoms with Crippen LogP contribution < -0.4 is 0 Å². The molecule has 4 rings (SSSR count). The number of aromatic amines is 1. The highest BCUT2D eigenvalue weighted by atomic mass is 32.1. The van der Waals surface area contributed by atoms with Crippen LogP contribution in [0.25, 0.3) is 15.6 Å². The first-order chi connectivity index (χ1) is 14.5. The third kappa shape index (κ3) is 3.65. The molecular formula is C16H14F3N11S. The third-order valence-electron chi connectivity index (χ3n) is 4.07. The van der Waals surface area contributed by atoms with Crippen molar-refractivity contribution in [2.45, 2.75) is 39.3 Å². The lowest BCUT2D eigenvalue weighted by atomic mass is 9.91. The highest BCUT2D eigenvalue weighted by Crippen LogP contribution is 2.37. The van der Waals surface area contributed by atoms with E-state index in [1.165, 1.54) is 10.8 Å². The number of fused-ring (bicyclic) bond motifs is 1. The maximum atomic E-state index is 12.9. The van der Waals surface area contributed by atoms with E-state index in [1.54, 1.807) is 6.92 Å². The van der Waals surface area contributed by atoms with Gasteiger partial charge in [-0.1, -0.05) is 20.8 Å². The van der Waals surface area contributed by atoms with Crippen LogP contribution in [-0.2, 0) is 11.6 Å². The number of halogens is 3. The number of aromatic nitrogens is 8. The maximum absolute atomic E-state index is 12.9. The molecule has 4 aromatic heterocycles. The zero-order chi connectivity index (χ0) is 22.6. The fourth-order valence-electron chi connectivity index (χ4n) is 2.69. The van der Waals surface area contributed by atoms with Gasteiger partial charge < -0.3 is 0 Å². The number of rotatable bonds is 3. The first-order valence-electron chi connectivity index (χ1n) is 8.73. The van der Waals surface area contributed by atoms with Crippen LogP contribution in [0.3, 0.4) is 0 Å². The predicted octanol–water partition coefficient (Wildman–Crippen LogP) is 4.69. The molecule has 0 saturated carbocycles. The first kappa shape index (κ1) is 20.6. The van der Waals surface area contributed by atoms with Crippen molar-refractivity contribution < 1.29 is 13.2 Å². The van der Waals surface area contributed by atoms with Gasteiger partial charge in [0.15, 0.2) is 11.5 Å². The number of hydrogen-bond acceptors (Lipinski definition) is 8. The van der Waals surface area contributed by atoms with Crippen LogP contribution in [0.5, 0.6) is 0 Å². The third-order valence-corrected chi connectivity index (χ3v) is 4.76. The molecule has 4 heterocycles. The van der Waals surface area contributed by atoms with Crippen molar-refractivity contribution in [2.75, 3.05) is 0 Å². The van der Waals surface area contributed by atoms with Crippen LogP contribution in [0.4, 0.5) is 30.4 Å². The zero-order valence-electron chi connectivity index (χ0n) is 16.6. The molecule has 11 nitrogen and oxygen atoms in total. The molecular weight excluding hydrogens is 435 g/mol. The largest absolute Gasteiger partial charge is 0.452 e. The minimum absolute atomic E-state index is 0.00554. The Morgan fingerprint density at radius 1 is 1.19 bits per heavy atom. The topological polar surface area (TPSA) is 119 Å². The summed E-state index contributed by atoms with van der Waals surface area (Å²) in [4.78, 5) is 11.1. The molecule has 0 saturated heterocycles. The number of alkyl halides is 3. The molecule has 0 aliphatic rings. The summed E-state index contributed by atoms with van der Waals surface area (Å²) in [7, 11) is 0. The van der Waals surface area contributed by atoms with Crippen LogP contribution in [0.1, 0.15) is 38.1 Å². The molecule has 15 heteroatoms. The molecule has 1 N–H and O–H groups in total. The minimum Gasteiger partial charge on any atom is -0.277 e. The van der Waals surface area contributed by atoms with Gasteiger partial charge in [-0.05, 0) is 6.92 Å². The molecule has 31 heavy (non-hydrogen) atoms. The Bertz CT molecular complexity index is 1340. The van der Waals surface area contributed by atoms with Crippen molar-refractivity contribution in [2.24, 2.45) is 10.2 Å². The van der Waals surface area contributed by atoms with Crippen molar-refractivity contribution >= 4 is 34.4 Å². The van der Waals surface area contributed by atoms with E-state index in [-0.39, 0.29) is 22.1 Å². The minimum atomic E-state index is -4.70. The van der Waals surface area contributed by atoms with E-state index >= 15 is 0 Å². The second kappa shape index (κ2) is 6.94. The quantitative estimate of drug-likeness (QED) is 0.360. The molecule has 0 radical (unpaired) electrons. The summed E-state index contributed by atoms with van der Waals surface area (Å²) in [6.45, 7) is 14.9. The van der Waals surface area contributed by atoms with Crippen LogP contribution in [0.2, 0.25) is 0 Å². The summed E-state index contributed by atoms with van der Waals surface area (Å²) >= 11 is 0.486. The molecule has 0 aliphatic heterocycles. The number of azo groups is 1. The molecule has 0 aliphatic carbocycles. The highest BCUT2D eigenvalue weighted by molar-refractivity contribution is 7.08. The molecule has 0 bridgehead atoms. The van der Waals surface area contributed by atoms with Crippen molar-refractivity contribution in [1.82, 2.24) is 38.9 Å². The summed E-state index contributed by atoms with van der Waals surface area (Å²) in [5.74, 6) is -0.851. The summed E-state index contributed by atoms with van der Waals surface area (Å²) < 4.78 is 44.4. The van der Waals surface area contributed by atoms with E-state index in [1.807, 2.05) is 20.8 Å². The van der Waals surface area contributed by atoms with Crippen LogP contribution in [-0.4, -0.2) is 38.9 Å². The van der Waals surface area contributed by atoms with Gasteiger partial charge in [0, 0.05) is 16.9 Å². The lowest BCUT2D eigenvalue weighted by Crippen LogP contribution is -2.12. The summed E-state index contributed by atoms with van der Waals surface area (Å²) in [6.07, 6.45) is -3.52. The highest BCUT2D eigenvalue weighted by Gasteiger charge is 2.36. The van der Waals surface area contributed by atoms with Gasteiger partial charge in [0.2, 0.25) is 16.6 Å². The van der Waals surface area contributed by atoms with Crippen molar-refractivity contribution in [1.29, 1.82) is 0 Å². The normalized spacial score (nSPS) is 12.8. The smallest absolute Gasteiger partial charge is 0.277 e. The first-order valence-corrected chi connectivity index (χ1v) is 9.50. The van der Waals surface area contributed by atoms with Gasteiger partial charge in [0.25, 0.3) is 5.69 Å². The Kier molecular flexibility index (Phi) is 4.61. The van der Waals surface area contributed by atoms with Crippen LogP contribution >= 0.6 is 11.5 Å². The van der Waals surface area contributed by atoms with E-state index < -0.39 is 12.0 Å². The number of nitrogens with one attached hydrogen (secondary N) is 1. The number of aryl methyl sites for hydroxylation is 1. The second-order valence-electron chi connectivity index (χ2n) is 7.46. The molecule has 0 fully saturated rings. The lowest BCUT2D eigenvalue weighted by Gasteiger charge is -2.16. The number of hydrogen-bond donors (Lipinski definition) is 1. The predicted molar refractivity (Wildman–Crippen MR) is 103 cm³/mol. The molecule has 0 spiro atoms. The fraction of sp³-hybridized carbons (Fsp3) is 0.375. The van der Waals surface area contributed by atoms with Gasteiger partial charge in [-0.25, -0.2) is 9.83 Å². The van der Waals surface area contributed by atoms with Gasteiger partial charge in [0.1, 0.15) is 5.82 Å². The monoisotopic (exact) mass is 449 g/mol. The summed E-state index contributed by atoms with van der Waals surface area (Å²) in [5, 5.41) is 19.5. The summed E-state index contributed by atoms with van der Waals surface area (Å²) in [5.41, 5.74) is 1.14. The van der Waals surface area contributed by atoms with Crippen molar-refractivity contribution in [3.05, 3.63) is 35.0 Å². The standard InChI is InChI=1S/C16H14F3N11S/c1-7-22-12-9(10(15(2,3)4)27-30(12)26-7)24-25-11-8(20-5)6-21-29(11)14-23-13(28-31-14)16(17,18)19/h6,27H,1-4H3. The maximum Gasteiger partial charge on any atom is 0.452 e. The second-order valence-corrected chi connectivity index (χ2v) is 8.19. The van der Waals surface area contributed by atoms with Gasteiger partial charge >= 0.3 is 6.18 Å². The molecule has 4 aromatic rings. The molecule has 0 unspecified atom stereocenters. The van der Waals surface area contributed by atoms with E-state index in [4.69, 9.17) is 6.57 Å². The Labute approximate surface area is 176 Å². The molecule has 0 amide bonds. The average molecular weight is 449 g/mol. The molecule has 0 aromatic carbocycles. The van der Waals surface area contributed by atoms with Gasteiger partial charge in [-0.2, -0.15) is 36.9 Å². The van der Waals surface area contributed by atoms with Gasteiger partial charge in [-0.15, -0.1) is 15.3 Å². The van der Waals surface area contributed by atoms with Crippen molar-refractivity contribution in [3.63, 3.8) is 0 Å². The zero-order valence-corrected chi connectivity index (χ0v) is 17.4. The number of H-pyrrole nitrogens is 1. The van der Waals surface area contributed by atoms with Gasteiger partial charge in [0.05, 0.1) is 18.5 Å². The van der Waals surface area contributed by atoms with E-state index in [0.717, 1.165) is 4.68 Å². The number of nitrogens with zero attached hydrogens (tertiary/aromatic N) is 10. The molecule has 160 valence electrons. The van der Waals surface area contributed by atoms with E-state index in [2.05, 4.69) is 44.7 Å². The Balaban J connectivity index is 1.83. The van der Waals surface area contributed by atoms with Crippen LogP contribution in [0.15, 0.2) is 16.4 Å². The Morgan fingerprint density at radius 2 is 1.94 bits per heavy atom. The fourth-order valence-corrected chi connectivity index (χ4v) is 3.35. The Hall–Kier alpha value is -3.67. The summed E-state index contributed by atoms with van der Waals surface area (Å²) in [6, 6.07) is 0. The lowest BCUT2D eigenvalue weighted by molar-refractivity contribution is -0.144. The Morgan fingerprint density at radius 3 is 2.55 bits per heavy atom. The van der Waals surface area contributed by atoms with Gasteiger partial charge in [-0.3, -0.25) is 5.10 Å². The van der Waals surface area contributed by atoms with Crippen molar-refractivity contribution in [3.8, 4) is 5.13 Å². The van der Waals surface area contributed by atoms with E-state index in [0.29, 0.717) is 34.4 Å². The average Bonchev–Trinajstić information content (AvgIpc) is 3.40. The SMILES string of the molecule is [C-]#[N+]c1cnn(-c2nc(C(F)(F)F)ns2)c1N=Nc1c(C(C)(C)C)[nH]n2nc(C)nc12. The van der Waals surface area contributed by atoms with E-state index in [9.17, 15) is 13.2 Å². The van der Waals surface area contributed by atoms with Crippen LogP contribution in [0, 0.1) is 13.5 Å².